The third-order valence-corrected chi connectivity index (χ3v) is 2.93. The highest BCUT2D eigenvalue weighted by atomic mass is 19.1. The van der Waals surface area contributed by atoms with Crippen molar-refractivity contribution in [3.8, 4) is 5.75 Å². The van der Waals surface area contributed by atoms with E-state index in [9.17, 15) is 4.39 Å². The summed E-state index contributed by atoms with van der Waals surface area (Å²) < 4.78 is 24.2. The van der Waals surface area contributed by atoms with Crippen molar-refractivity contribution < 1.29 is 13.9 Å². The van der Waals surface area contributed by atoms with Gasteiger partial charge >= 0.3 is 0 Å². The van der Waals surface area contributed by atoms with Gasteiger partial charge in [-0.05, 0) is 12.1 Å². The summed E-state index contributed by atoms with van der Waals surface area (Å²) in [5, 5.41) is 3.25. The lowest BCUT2D eigenvalue weighted by atomic mass is 10.2. The Hall–Kier alpha value is -1.33. The van der Waals surface area contributed by atoms with E-state index in [1.807, 2.05) is 4.90 Å². The van der Waals surface area contributed by atoms with E-state index in [1.165, 1.54) is 6.07 Å². The minimum Gasteiger partial charge on any atom is -0.491 e. The largest absolute Gasteiger partial charge is 0.491 e. The second kappa shape index (κ2) is 6.56. The Labute approximate surface area is 107 Å². The van der Waals surface area contributed by atoms with Crippen molar-refractivity contribution in [1.29, 1.82) is 0 Å². The molecular formula is C13H19FN2O2. The first kappa shape index (κ1) is 13.1. The van der Waals surface area contributed by atoms with E-state index in [0.717, 1.165) is 26.2 Å². The molecule has 2 rings (SSSR count). The Morgan fingerprint density at radius 2 is 2.06 bits per heavy atom. The number of anilines is 1. The maximum absolute atomic E-state index is 13.8. The average Bonchev–Trinajstić information content (AvgIpc) is 2.42. The molecule has 0 aliphatic carbocycles. The SMILES string of the molecule is COCCOc1ccc(F)c(N2CCNCC2)c1. The molecule has 1 aromatic rings. The summed E-state index contributed by atoms with van der Waals surface area (Å²) >= 11 is 0. The first-order chi connectivity index (χ1) is 8.81. The van der Waals surface area contributed by atoms with E-state index in [0.29, 0.717) is 24.7 Å². The van der Waals surface area contributed by atoms with Crippen molar-refractivity contribution >= 4 is 5.69 Å². The van der Waals surface area contributed by atoms with Crippen LogP contribution in [0, 0.1) is 5.82 Å². The first-order valence-corrected chi connectivity index (χ1v) is 6.18. The van der Waals surface area contributed by atoms with Crippen molar-refractivity contribution in [2.24, 2.45) is 0 Å². The molecule has 0 radical (unpaired) electrons. The van der Waals surface area contributed by atoms with Gasteiger partial charge in [0.1, 0.15) is 18.2 Å². The quantitative estimate of drug-likeness (QED) is 0.802. The molecule has 0 amide bonds. The van der Waals surface area contributed by atoms with E-state index >= 15 is 0 Å². The normalized spacial score (nSPS) is 15.8. The molecule has 1 aliphatic rings. The van der Waals surface area contributed by atoms with Gasteiger partial charge in [-0.3, -0.25) is 0 Å². The van der Waals surface area contributed by atoms with Gasteiger partial charge in [0.15, 0.2) is 0 Å². The number of benzene rings is 1. The van der Waals surface area contributed by atoms with Gasteiger partial charge in [0.2, 0.25) is 0 Å². The molecule has 100 valence electrons. The van der Waals surface area contributed by atoms with E-state index in [1.54, 1.807) is 19.2 Å². The maximum Gasteiger partial charge on any atom is 0.146 e. The Morgan fingerprint density at radius 3 is 2.78 bits per heavy atom. The molecule has 4 nitrogen and oxygen atoms in total. The van der Waals surface area contributed by atoms with E-state index in [-0.39, 0.29) is 5.82 Å². The van der Waals surface area contributed by atoms with Gasteiger partial charge in [-0.15, -0.1) is 0 Å². The maximum atomic E-state index is 13.8. The number of halogens is 1. The minimum absolute atomic E-state index is 0.198. The lowest BCUT2D eigenvalue weighted by molar-refractivity contribution is 0.146. The van der Waals surface area contributed by atoms with Gasteiger partial charge < -0.3 is 19.7 Å². The summed E-state index contributed by atoms with van der Waals surface area (Å²) in [5.41, 5.74) is 0.617. The average molecular weight is 254 g/mol. The molecule has 1 heterocycles. The van der Waals surface area contributed by atoms with Crippen LogP contribution in [0.3, 0.4) is 0 Å². The molecule has 1 fully saturated rings. The Bertz CT molecular complexity index is 381. The van der Waals surface area contributed by atoms with E-state index in [4.69, 9.17) is 9.47 Å². The number of rotatable bonds is 5. The Morgan fingerprint density at radius 1 is 1.28 bits per heavy atom. The fraction of sp³-hybridized carbons (Fsp3) is 0.538. The highest BCUT2D eigenvalue weighted by molar-refractivity contribution is 5.52. The number of ether oxygens (including phenoxy) is 2. The molecule has 1 N–H and O–H groups in total. The summed E-state index contributed by atoms with van der Waals surface area (Å²) in [4.78, 5) is 2.04. The second-order valence-electron chi connectivity index (χ2n) is 4.19. The molecule has 1 aliphatic heterocycles. The third-order valence-electron chi connectivity index (χ3n) is 2.93. The number of piperazine rings is 1. The molecule has 0 bridgehead atoms. The number of hydrogen-bond acceptors (Lipinski definition) is 4. The molecule has 5 heteroatoms. The molecule has 1 aromatic carbocycles. The van der Waals surface area contributed by atoms with Crippen LogP contribution in [0.15, 0.2) is 18.2 Å². The number of nitrogens with one attached hydrogen (secondary N) is 1. The van der Waals surface area contributed by atoms with Crippen LogP contribution < -0.4 is 15.0 Å². The van der Waals surface area contributed by atoms with Gasteiger partial charge in [-0.2, -0.15) is 0 Å². The van der Waals surface area contributed by atoms with Gasteiger partial charge in [0, 0.05) is 39.4 Å². The lowest BCUT2D eigenvalue weighted by Crippen LogP contribution is -2.43. The van der Waals surface area contributed by atoms with E-state index < -0.39 is 0 Å². The zero-order chi connectivity index (χ0) is 12.8. The lowest BCUT2D eigenvalue weighted by Gasteiger charge is -2.29. The monoisotopic (exact) mass is 254 g/mol. The summed E-state index contributed by atoms with van der Waals surface area (Å²) in [5.74, 6) is 0.484. The third kappa shape index (κ3) is 3.34. The van der Waals surface area contributed by atoms with Crippen LogP contribution in [-0.2, 0) is 4.74 Å². The predicted octanol–water partition coefficient (Wildman–Crippen LogP) is 1.26. The van der Waals surface area contributed by atoms with Crippen molar-refractivity contribution in [1.82, 2.24) is 5.32 Å². The fourth-order valence-electron chi connectivity index (χ4n) is 1.97. The highest BCUT2D eigenvalue weighted by Crippen LogP contribution is 2.25. The smallest absolute Gasteiger partial charge is 0.146 e. The van der Waals surface area contributed by atoms with Crippen LogP contribution in [0.1, 0.15) is 0 Å². The first-order valence-electron chi connectivity index (χ1n) is 6.18. The molecular weight excluding hydrogens is 235 g/mol. The highest BCUT2D eigenvalue weighted by Gasteiger charge is 2.15. The zero-order valence-corrected chi connectivity index (χ0v) is 10.6. The van der Waals surface area contributed by atoms with Crippen LogP contribution in [-0.4, -0.2) is 46.5 Å². The summed E-state index contributed by atoms with van der Waals surface area (Å²) in [6, 6.07) is 4.87. The molecule has 0 unspecified atom stereocenters. The van der Waals surface area contributed by atoms with Crippen molar-refractivity contribution in [2.45, 2.75) is 0 Å². The fourth-order valence-corrected chi connectivity index (χ4v) is 1.97. The van der Waals surface area contributed by atoms with Crippen LogP contribution in [0.5, 0.6) is 5.75 Å². The molecule has 18 heavy (non-hydrogen) atoms. The Balaban J connectivity index is 2.05. The van der Waals surface area contributed by atoms with E-state index in [2.05, 4.69) is 5.32 Å². The molecule has 0 spiro atoms. The molecule has 0 atom stereocenters. The van der Waals surface area contributed by atoms with Gasteiger partial charge in [-0.25, -0.2) is 4.39 Å². The summed E-state index contributed by atoms with van der Waals surface area (Å²) in [6.45, 7) is 4.41. The zero-order valence-electron chi connectivity index (χ0n) is 10.6. The molecule has 0 saturated carbocycles. The summed E-state index contributed by atoms with van der Waals surface area (Å²) in [6.07, 6.45) is 0. The van der Waals surface area contributed by atoms with Crippen LogP contribution in [0.2, 0.25) is 0 Å². The van der Waals surface area contributed by atoms with Gasteiger partial charge in [0.05, 0.1) is 12.3 Å². The van der Waals surface area contributed by atoms with Crippen molar-refractivity contribution in [3.63, 3.8) is 0 Å². The Kier molecular flexibility index (Phi) is 4.78. The number of nitrogens with zero attached hydrogens (tertiary/aromatic N) is 1. The standard InChI is InChI=1S/C13H19FN2O2/c1-17-8-9-18-11-2-3-12(14)13(10-11)16-6-4-15-5-7-16/h2-3,10,15H,4-9H2,1H3. The van der Waals surface area contributed by atoms with Crippen LogP contribution in [0.4, 0.5) is 10.1 Å². The second-order valence-corrected chi connectivity index (χ2v) is 4.19. The summed E-state index contributed by atoms with van der Waals surface area (Å²) in [7, 11) is 1.63. The number of methoxy groups -OCH3 is 1. The van der Waals surface area contributed by atoms with Crippen molar-refractivity contribution in [2.75, 3.05) is 51.4 Å². The predicted molar refractivity (Wildman–Crippen MR) is 68.9 cm³/mol. The van der Waals surface area contributed by atoms with Gasteiger partial charge in [-0.1, -0.05) is 0 Å². The van der Waals surface area contributed by atoms with Gasteiger partial charge in [0.25, 0.3) is 0 Å². The minimum atomic E-state index is -0.198. The topological polar surface area (TPSA) is 33.7 Å². The van der Waals surface area contributed by atoms with Crippen LogP contribution >= 0.6 is 0 Å². The van der Waals surface area contributed by atoms with Crippen molar-refractivity contribution in [3.05, 3.63) is 24.0 Å². The number of hydrogen-bond donors (Lipinski definition) is 1. The molecule has 0 aromatic heterocycles. The molecule has 1 saturated heterocycles. The van der Waals surface area contributed by atoms with Crippen LogP contribution in [0.25, 0.3) is 0 Å².